The van der Waals surface area contributed by atoms with E-state index >= 15 is 0 Å². The van der Waals surface area contributed by atoms with E-state index < -0.39 is 15.9 Å². The summed E-state index contributed by atoms with van der Waals surface area (Å²) in [5.41, 5.74) is 1.32. The maximum Gasteiger partial charge on any atom is 0.267 e. The van der Waals surface area contributed by atoms with Gasteiger partial charge in [0.2, 0.25) is 10.0 Å². The molecule has 0 aliphatic carbocycles. The summed E-state index contributed by atoms with van der Waals surface area (Å²) in [7, 11) is -3.55. The summed E-state index contributed by atoms with van der Waals surface area (Å²) in [5.74, 6) is -0.545. The third kappa shape index (κ3) is 5.00. The Labute approximate surface area is 181 Å². The van der Waals surface area contributed by atoms with Crippen LogP contribution in [0.2, 0.25) is 5.02 Å². The zero-order valence-corrected chi connectivity index (χ0v) is 17.9. The molecule has 1 amide bonds. The van der Waals surface area contributed by atoms with Gasteiger partial charge in [-0.25, -0.2) is 8.42 Å². The van der Waals surface area contributed by atoms with Crippen molar-refractivity contribution in [1.29, 1.82) is 5.26 Å². The molecule has 9 heteroatoms. The van der Waals surface area contributed by atoms with Gasteiger partial charge in [-0.1, -0.05) is 35.9 Å². The smallest absolute Gasteiger partial charge is 0.267 e. The van der Waals surface area contributed by atoms with E-state index in [1.807, 2.05) is 13.0 Å². The number of nitriles is 1. The first-order chi connectivity index (χ1) is 14.3. The lowest BCUT2D eigenvalue weighted by Crippen LogP contribution is -2.46. The fraction of sp³-hybridized carbons (Fsp3) is 0.238. The Morgan fingerprint density at radius 1 is 1.13 bits per heavy atom. The molecule has 1 fully saturated rings. The van der Waals surface area contributed by atoms with Gasteiger partial charge in [-0.3, -0.25) is 4.79 Å². The number of piperazine rings is 1. The van der Waals surface area contributed by atoms with E-state index in [0.29, 0.717) is 23.8 Å². The molecule has 0 radical (unpaired) electrons. The molecule has 1 aliphatic heterocycles. The maximum absolute atomic E-state index is 12.7. The molecule has 2 aromatic carbocycles. The summed E-state index contributed by atoms with van der Waals surface area (Å²) in [6.07, 6.45) is 1.47. The van der Waals surface area contributed by atoms with Crippen LogP contribution < -0.4 is 5.32 Å². The molecule has 30 heavy (non-hydrogen) atoms. The molecule has 1 N–H and O–H groups in total. The van der Waals surface area contributed by atoms with Crippen LogP contribution in [-0.2, 0) is 14.8 Å². The van der Waals surface area contributed by atoms with Crippen molar-refractivity contribution in [1.82, 2.24) is 9.21 Å². The molecule has 0 spiro atoms. The van der Waals surface area contributed by atoms with Crippen molar-refractivity contribution in [3.05, 3.63) is 70.9 Å². The third-order valence-electron chi connectivity index (χ3n) is 4.76. The molecule has 0 unspecified atom stereocenters. The number of amides is 1. The zero-order valence-electron chi connectivity index (χ0n) is 16.4. The van der Waals surface area contributed by atoms with Crippen LogP contribution in [0, 0.1) is 18.3 Å². The van der Waals surface area contributed by atoms with Crippen molar-refractivity contribution in [2.75, 3.05) is 31.5 Å². The van der Waals surface area contributed by atoms with Gasteiger partial charge in [0.25, 0.3) is 5.91 Å². The highest BCUT2D eigenvalue weighted by atomic mass is 35.5. The normalized spacial score (nSPS) is 15.5. The molecule has 1 aliphatic rings. The molecule has 0 bridgehead atoms. The Morgan fingerprint density at radius 3 is 2.40 bits per heavy atom. The van der Waals surface area contributed by atoms with E-state index in [1.54, 1.807) is 53.4 Å². The van der Waals surface area contributed by atoms with Crippen LogP contribution in [0.3, 0.4) is 0 Å². The summed E-state index contributed by atoms with van der Waals surface area (Å²) in [6, 6.07) is 15.3. The van der Waals surface area contributed by atoms with E-state index in [2.05, 4.69) is 5.32 Å². The number of nitrogens with one attached hydrogen (secondary N) is 1. The first-order valence-corrected chi connectivity index (χ1v) is 11.1. The lowest BCUT2D eigenvalue weighted by molar-refractivity contribution is -0.112. The summed E-state index contributed by atoms with van der Waals surface area (Å²) in [5, 5.41) is 12.6. The molecule has 7 nitrogen and oxygen atoms in total. The van der Waals surface area contributed by atoms with Gasteiger partial charge in [0.15, 0.2) is 0 Å². The molecule has 2 aromatic rings. The van der Waals surface area contributed by atoms with E-state index in [4.69, 9.17) is 11.6 Å². The van der Waals surface area contributed by atoms with Crippen molar-refractivity contribution in [2.24, 2.45) is 0 Å². The van der Waals surface area contributed by atoms with Crippen LogP contribution in [-0.4, -0.2) is 49.7 Å². The molecule has 0 aromatic heterocycles. The van der Waals surface area contributed by atoms with Gasteiger partial charge >= 0.3 is 0 Å². The second-order valence-corrected chi connectivity index (χ2v) is 9.17. The van der Waals surface area contributed by atoms with E-state index in [-0.39, 0.29) is 23.6 Å². The summed E-state index contributed by atoms with van der Waals surface area (Å²) in [4.78, 5) is 14.5. The number of benzene rings is 2. The number of sulfonamides is 1. The van der Waals surface area contributed by atoms with Crippen molar-refractivity contribution < 1.29 is 13.2 Å². The van der Waals surface area contributed by atoms with Crippen molar-refractivity contribution >= 4 is 33.2 Å². The van der Waals surface area contributed by atoms with Gasteiger partial charge in [-0.15, -0.1) is 0 Å². The average Bonchev–Trinajstić information content (AvgIpc) is 2.75. The molecule has 0 saturated carbocycles. The lowest BCUT2D eigenvalue weighted by atomic mass is 10.2. The average molecular weight is 445 g/mol. The zero-order chi connectivity index (χ0) is 21.7. The molecular formula is C21H21ClN4O3S. The molecule has 0 atom stereocenters. The first kappa shape index (κ1) is 21.8. The van der Waals surface area contributed by atoms with Gasteiger partial charge in [0.1, 0.15) is 11.6 Å². The van der Waals surface area contributed by atoms with Crippen LogP contribution in [0.25, 0.3) is 0 Å². The number of carbonyl (C=O) groups is 1. The molecule has 1 saturated heterocycles. The van der Waals surface area contributed by atoms with Crippen LogP contribution in [0.1, 0.15) is 5.56 Å². The topological polar surface area (TPSA) is 93.5 Å². The Balaban J connectivity index is 1.64. The Hall–Kier alpha value is -2.86. The maximum atomic E-state index is 12.7. The number of rotatable bonds is 5. The fourth-order valence-corrected chi connectivity index (χ4v) is 4.63. The quantitative estimate of drug-likeness (QED) is 0.565. The summed E-state index contributed by atoms with van der Waals surface area (Å²) < 4.78 is 26.8. The predicted molar refractivity (Wildman–Crippen MR) is 115 cm³/mol. The highest BCUT2D eigenvalue weighted by molar-refractivity contribution is 7.89. The molecule has 156 valence electrons. The minimum atomic E-state index is -3.55. The monoisotopic (exact) mass is 444 g/mol. The van der Waals surface area contributed by atoms with Crippen molar-refractivity contribution in [2.45, 2.75) is 11.8 Å². The summed E-state index contributed by atoms with van der Waals surface area (Å²) in [6.45, 7) is 3.14. The largest absolute Gasteiger partial charge is 0.373 e. The second kappa shape index (κ2) is 9.30. The van der Waals surface area contributed by atoms with Crippen molar-refractivity contribution in [3.8, 4) is 6.07 Å². The van der Waals surface area contributed by atoms with Gasteiger partial charge in [0.05, 0.1) is 4.90 Å². The van der Waals surface area contributed by atoms with Crippen molar-refractivity contribution in [3.63, 3.8) is 0 Å². The number of nitrogens with zero attached hydrogens (tertiary/aromatic N) is 3. The minimum absolute atomic E-state index is 0.0638. The van der Waals surface area contributed by atoms with Gasteiger partial charge in [-0.2, -0.15) is 9.57 Å². The van der Waals surface area contributed by atoms with Gasteiger partial charge in [0, 0.05) is 43.1 Å². The number of anilines is 1. The number of hydrogen-bond acceptors (Lipinski definition) is 5. The van der Waals surface area contributed by atoms with Crippen LogP contribution >= 0.6 is 11.6 Å². The predicted octanol–water partition coefficient (Wildman–Crippen LogP) is 3.00. The van der Waals surface area contributed by atoms with E-state index in [0.717, 1.165) is 5.56 Å². The number of halogens is 1. The molecule has 1 heterocycles. The second-order valence-electron chi connectivity index (χ2n) is 6.83. The molecular weight excluding hydrogens is 424 g/mol. The van der Waals surface area contributed by atoms with Gasteiger partial charge < -0.3 is 10.2 Å². The molecule has 3 rings (SSSR count). The van der Waals surface area contributed by atoms with E-state index in [1.165, 1.54) is 10.5 Å². The number of carbonyl (C=O) groups excluding carboxylic acids is 1. The van der Waals surface area contributed by atoms with Crippen LogP contribution in [0.4, 0.5) is 5.69 Å². The Morgan fingerprint density at radius 2 is 1.80 bits per heavy atom. The highest BCUT2D eigenvalue weighted by Gasteiger charge is 2.28. The highest BCUT2D eigenvalue weighted by Crippen LogP contribution is 2.21. The first-order valence-electron chi connectivity index (χ1n) is 9.30. The third-order valence-corrected chi connectivity index (χ3v) is 7.08. The standard InChI is InChI=1S/C21H21ClN4O3S/c1-16-7-8-18(13-20(16)22)24-21(27)17(14-23)15-25-9-11-26(12-10-25)30(28,29)19-5-3-2-4-6-19/h2-8,13,15H,9-12H2,1H3,(H,24,27)/b17-15-. The lowest BCUT2D eigenvalue weighted by Gasteiger charge is -2.33. The summed E-state index contributed by atoms with van der Waals surface area (Å²) >= 11 is 6.07. The minimum Gasteiger partial charge on any atom is -0.373 e. The Bertz CT molecular complexity index is 1100. The van der Waals surface area contributed by atoms with Gasteiger partial charge in [-0.05, 0) is 36.8 Å². The van der Waals surface area contributed by atoms with Crippen LogP contribution in [0.15, 0.2) is 65.2 Å². The Kier molecular flexibility index (Phi) is 6.77. The van der Waals surface area contributed by atoms with Crippen LogP contribution in [0.5, 0.6) is 0 Å². The fourth-order valence-electron chi connectivity index (χ4n) is 3.00. The number of aryl methyl sites for hydroxylation is 1. The number of hydrogen-bond donors (Lipinski definition) is 1. The van der Waals surface area contributed by atoms with E-state index in [9.17, 15) is 18.5 Å². The SMILES string of the molecule is Cc1ccc(NC(=O)/C(C#N)=C\N2CCN(S(=O)(=O)c3ccccc3)CC2)cc1Cl.